The maximum atomic E-state index is 11.1. The van der Waals surface area contributed by atoms with Crippen LogP contribution in [-0.4, -0.2) is 18.2 Å². The molecule has 1 saturated carbocycles. The van der Waals surface area contributed by atoms with Gasteiger partial charge in [0.05, 0.1) is 18.6 Å². The lowest BCUT2D eigenvalue weighted by Crippen LogP contribution is -2.21. The molecule has 20 heavy (non-hydrogen) atoms. The molecule has 0 radical (unpaired) electrons. The van der Waals surface area contributed by atoms with E-state index in [0.29, 0.717) is 10.8 Å². The topological polar surface area (TPSA) is 46.5 Å². The molecule has 0 heterocycles. The summed E-state index contributed by atoms with van der Waals surface area (Å²) in [6, 6.07) is 5.80. The molecule has 0 bridgehead atoms. The third-order valence-electron chi connectivity index (χ3n) is 4.35. The van der Waals surface area contributed by atoms with E-state index in [2.05, 4.69) is 0 Å². The van der Waals surface area contributed by atoms with E-state index in [9.17, 15) is 4.79 Å². The number of methoxy groups -OCH3 is 1. The van der Waals surface area contributed by atoms with Crippen molar-refractivity contribution in [3.05, 3.63) is 28.8 Å². The number of halogens is 1. The quantitative estimate of drug-likeness (QED) is 0.850. The van der Waals surface area contributed by atoms with E-state index in [-0.39, 0.29) is 11.8 Å². The molecule has 0 saturated heterocycles. The number of carbonyl (C=O) groups is 1. The van der Waals surface area contributed by atoms with E-state index in [0.717, 1.165) is 44.1 Å². The van der Waals surface area contributed by atoms with Crippen LogP contribution in [0.3, 0.4) is 0 Å². The van der Waals surface area contributed by atoms with Crippen molar-refractivity contribution < 1.29 is 14.6 Å². The van der Waals surface area contributed by atoms with Gasteiger partial charge in [0.2, 0.25) is 0 Å². The summed E-state index contributed by atoms with van der Waals surface area (Å²) in [4.78, 5) is 11.1. The van der Waals surface area contributed by atoms with E-state index in [1.807, 2.05) is 18.2 Å². The van der Waals surface area contributed by atoms with Crippen molar-refractivity contribution in [1.29, 1.82) is 0 Å². The van der Waals surface area contributed by atoms with Crippen molar-refractivity contribution in [1.82, 2.24) is 0 Å². The zero-order chi connectivity index (χ0) is 14.6. The van der Waals surface area contributed by atoms with Crippen molar-refractivity contribution in [3.63, 3.8) is 0 Å². The molecule has 2 rings (SSSR count). The van der Waals surface area contributed by atoms with Crippen molar-refractivity contribution in [2.24, 2.45) is 5.41 Å². The average Bonchev–Trinajstić information content (AvgIpc) is 2.84. The number of carboxylic acid groups (broad SMARTS) is 1. The molecule has 1 fully saturated rings. The van der Waals surface area contributed by atoms with Crippen LogP contribution in [0.1, 0.15) is 44.1 Å². The molecular weight excluding hydrogens is 276 g/mol. The van der Waals surface area contributed by atoms with Crippen LogP contribution in [-0.2, 0) is 11.2 Å². The lowest BCUT2D eigenvalue weighted by molar-refractivity contribution is -0.139. The Bertz CT molecular complexity index is 479. The standard InChI is InChI=1S/C16H21ClO3/c1-20-14-5-4-12(10-13(14)17)6-9-16(11-15(18)19)7-2-3-8-16/h4-5,10H,2-3,6-9,11H2,1H3,(H,18,19). The third kappa shape index (κ3) is 3.66. The highest BCUT2D eigenvalue weighted by atomic mass is 35.5. The second kappa shape index (κ2) is 6.49. The zero-order valence-corrected chi connectivity index (χ0v) is 12.6. The van der Waals surface area contributed by atoms with Crippen LogP contribution in [0, 0.1) is 5.41 Å². The number of carboxylic acids is 1. The van der Waals surface area contributed by atoms with Crippen molar-refractivity contribution in [2.75, 3.05) is 7.11 Å². The minimum Gasteiger partial charge on any atom is -0.495 e. The number of benzene rings is 1. The maximum absolute atomic E-state index is 11.1. The third-order valence-corrected chi connectivity index (χ3v) is 4.65. The zero-order valence-electron chi connectivity index (χ0n) is 11.8. The fourth-order valence-electron chi connectivity index (χ4n) is 3.24. The second-order valence-electron chi connectivity index (χ2n) is 5.75. The Balaban J connectivity index is 2.02. The van der Waals surface area contributed by atoms with E-state index in [1.54, 1.807) is 7.11 Å². The number of rotatable bonds is 6. The molecule has 0 amide bonds. The van der Waals surface area contributed by atoms with Crippen molar-refractivity contribution >= 4 is 17.6 Å². The normalized spacial score (nSPS) is 17.1. The number of aryl methyl sites for hydroxylation is 1. The van der Waals surface area contributed by atoms with Gasteiger partial charge in [-0.15, -0.1) is 0 Å². The highest BCUT2D eigenvalue weighted by Gasteiger charge is 2.35. The first-order valence-electron chi connectivity index (χ1n) is 7.09. The van der Waals surface area contributed by atoms with E-state index >= 15 is 0 Å². The van der Waals surface area contributed by atoms with Crippen LogP contribution in [0.15, 0.2) is 18.2 Å². The maximum Gasteiger partial charge on any atom is 0.303 e. The fourth-order valence-corrected chi connectivity index (χ4v) is 3.52. The number of ether oxygens (including phenoxy) is 1. The average molecular weight is 297 g/mol. The largest absolute Gasteiger partial charge is 0.495 e. The van der Waals surface area contributed by atoms with Crippen molar-refractivity contribution in [3.8, 4) is 5.75 Å². The summed E-state index contributed by atoms with van der Waals surface area (Å²) in [5, 5.41) is 9.73. The van der Waals surface area contributed by atoms with Gasteiger partial charge in [-0.2, -0.15) is 0 Å². The van der Waals surface area contributed by atoms with Crippen LogP contribution in [0.4, 0.5) is 0 Å². The van der Waals surface area contributed by atoms with Gasteiger partial charge < -0.3 is 9.84 Å². The Kier molecular flexibility index (Phi) is 4.92. The number of aliphatic carboxylic acids is 1. The first kappa shape index (κ1) is 15.2. The lowest BCUT2D eigenvalue weighted by Gasteiger charge is -2.27. The Morgan fingerprint density at radius 2 is 2.10 bits per heavy atom. The van der Waals surface area contributed by atoms with Crippen molar-refractivity contribution in [2.45, 2.75) is 44.9 Å². The smallest absolute Gasteiger partial charge is 0.303 e. The Morgan fingerprint density at radius 3 is 2.65 bits per heavy atom. The van der Waals surface area contributed by atoms with Gasteiger partial charge >= 0.3 is 5.97 Å². The SMILES string of the molecule is COc1ccc(CCC2(CC(=O)O)CCCC2)cc1Cl. The molecular formula is C16H21ClO3. The molecule has 0 unspecified atom stereocenters. The monoisotopic (exact) mass is 296 g/mol. The Morgan fingerprint density at radius 1 is 1.40 bits per heavy atom. The molecule has 1 aromatic rings. The van der Waals surface area contributed by atoms with Gasteiger partial charge in [-0.3, -0.25) is 4.79 Å². The van der Waals surface area contributed by atoms with Gasteiger partial charge in [-0.1, -0.05) is 30.5 Å². The Hall–Kier alpha value is -1.22. The Labute approximate surface area is 124 Å². The summed E-state index contributed by atoms with van der Waals surface area (Å²) in [5.74, 6) is -0.00352. The second-order valence-corrected chi connectivity index (χ2v) is 6.15. The highest BCUT2D eigenvalue weighted by Crippen LogP contribution is 2.45. The minimum atomic E-state index is -0.681. The number of hydrogen-bond donors (Lipinski definition) is 1. The highest BCUT2D eigenvalue weighted by molar-refractivity contribution is 6.32. The predicted octanol–water partition coefficient (Wildman–Crippen LogP) is 4.32. The van der Waals surface area contributed by atoms with Gasteiger partial charge in [0.25, 0.3) is 0 Å². The molecule has 4 heteroatoms. The van der Waals surface area contributed by atoms with Gasteiger partial charge in [0, 0.05) is 0 Å². The molecule has 0 aromatic heterocycles. The molecule has 1 N–H and O–H groups in total. The minimum absolute atomic E-state index is 0.0156. The van der Waals surface area contributed by atoms with Crippen LogP contribution in [0.5, 0.6) is 5.75 Å². The van der Waals surface area contributed by atoms with E-state index in [1.165, 1.54) is 0 Å². The molecule has 3 nitrogen and oxygen atoms in total. The van der Waals surface area contributed by atoms with Gasteiger partial charge in [0.1, 0.15) is 5.75 Å². The van der Waals surface area contributed by atoms with Gasteiger partial charge in [-0.25, -0.2) is 0 Å². The van der Waals surface area contributed by atoms with Crippen LogP contribution >= 0.6 is 11.6 Å². The fraction of sp³-hybridized carbons (Fsp3) is 0.562. The number of hydrogen-bond acceptors (Lipinski definition) is 2. The summed E-state index contributed by atoms with van der Waals surface area (Å²) in [5.41, 5.74) is 1.13. The summed E-state index contributed by atoms with van der Waals surface area (Å²) in [6.07, 6.45) is 6.44. The van der Waals surface area contributed by atoms with E-state index in [4.69, 9.17) is 21.4 Å². The predicted molar refractivity (Wildman–Crippen MR) is 79.5 cm³/mol. The molecule has 1 aromatic carbocycles. The van der Waals surface area contributed by atoms with Crippen LogP contribution < -0.4 is 4.74 Å². The molecule has 0 atom stereocenters. The first-order chi connectivity index (χ1) is 9.54. The summed E-state index contributed by atoms with van der Waals surface area (Å²) in [7, 11) is 1.60. The molecule has 0 spiro atoms. The first-order valence-corrected chi connectivity index (χ1v) is 7.47. The molecule has 1 aliphatic carbocycles. The molecule has 110 valence electrons. The van der Waals surface area contributed by atoms with Gasteiger partial charge in [0.15, 0.2) is 0 Å². The summed E-state index contributed by atoms with van der Waals surface area (Å²) < 4.78 is 5.14. The summed E-state index contributed by atoms with van der Waals surface area (Å²) in [6.45, 7) is 0. The van der Waals surface area contributed by atoms with Gasteiger partial charge in [-0.05, 0) is 48.8 Å². The summed E-state index contributed by atoms with van der Waals surface area (Å²) >= 11 is 6.12. The van der Waals surface area contributed by atoms with E-state index < -0.39 is 5.97 Å². The van der Waals surface area contributed by atoms with Crippen LogP contribution in [0.2, 0.25) is 5.02 Å². The molecule has 1 aliphatic rings. The lowest BCUT2D eigenvalue weighted by atomic mass is 9.77. The molecule has 0 aliphatic heterocycles. The van der Waals surface area contributed by atoms with Crippen LogP contribution in [0.25, 0.3) is 0 Å².